The van der Waals surface area contributed by atoms with Crippen LogP contribution in [0.5, 0.6) is 0 Å². The van der Waals surface area contributed by atoms with Gasteiger partial charge in [-0.2, -0.15) is 8.42 Å². The van der Waals surface area contributed by atoms with Crippen LogP contribution < -0.4 is 0 Å². The third kappa shape index (κ3) is 9.74. The Labute approximate surface area is 69.8 Å². The third-order valence-corrected chi connectivity index (χ3v) is 1.28. The summed E-state index contributed by atoms with van der Waals surface area (Å²) in [7, 11) is 0. The minimum Gasteiger partial charge on any atom is -0.390 e. The van der Waals surface area contributed by atoms with Gasteiger partial charge in [-0.05, 0) is 12.8 Å². The molecule has 0 saturated carbocycles. The van der Waals surface area contributed by atoms with Gasteiger partial charge >= 0.3 is 11.6 Å². The zero-order valence-corrected chi connectivity index (χ0v) is 7.50. The minimum atomic E-state index is -0.750. The van der Waals surface area contributed by atoms with Crippen LogP contribution in [0, 0.1) is 0 Å². The summed E-state index contributed by atoms with van der Waals surface area (Å²) in [5.74, 6) is 0. The molecule has 0 fully saturated rings. The highest BCUT2D eigenvalue weighted by Gasteiger charge is 2.09. The van der Waals surface area contributed by atoms with Crippen LogP contribution in [0.15, 0.2) is 0 Å². The first kappa shape index (κ1) is 13.3. The molecule has 0 radical (unpaired) electrons. The molecule has 2 atom stereocenters. The molecule has 0 spiro atoms. The van der Waals surface area contributed by atoms with E-state index in [-0.39, 0.29) is 0 Å². The average molecular weight is 182 g/mol. The summed E-state index contributed by atoms with van der Waals surface area (Å²) in [5, 5.41) is 17.8. The van der Waals surface area contributed by atoms with Gasteiger partial charge < -0.3 is 10.2 Å². The maximum atomic E-state index is 8.88. The van der Waals surface area contributed by atoms with Crippen molar-refractivity contribution in [2.75, 3.05) is 0 Å². The molecule has 0 saturated heterocycles. The fraction of sp³-hybridized carbons (Fsp3) is 1.00. The molecular formula is C6H14O4S. The van der Waals surface area contributed by atoms with Crippen LogP contribution in [0.1, 0.15) is 26.7 Å². The van der Waals surface area contributed by atoms with Crippen LogP contribution in [0.25, 0.3) is 0 Å². The first-order valence-electron chi connectivity index (χ1n) is 3.41. The summed E-state index contributed by atoms with van der Waals surface area (Å²) in [4.78, 5) is 0. The van der Waals surface area contributed by atoms with Crippen molar-refractivity contribution in [1.29, 1.82) is 0 Å². The van der Waals surface area contributed by atoms with Gasteiger partial charge in [-0.3, -0.25) is 0 Å². The van der Waals surface area contributed by atoms with Gasteiger partial charge in [-0.15, -0.1) is 0 Å². The molecule has 68 valence electrons. The fourth-order valence-electron chi connectivity index (χ4n) is 0.544. The second-order valence-electron chi connectivity index (χ2n) is 2.02. The lowest BCUT2D eigenvalue weighted by Gasteiger charge is -2.12. The fourth-order valence-corrected chi connectivity index (χ4v) is 0.544. The Balaban J connectivity index is 0. The number of aliphatic hydroxyl groups is 2. The van der Waals surface area contributed by atoms with E-state index in [0.717, 1.165) is 0 Å². The molecule has 0 rings (SSSR count). The van der Waals surface area contributed by atoms with Crippen molar-refractivity contribution in [2.24, 2.45) is 0 Å². The van der Waals surface area contributed by atoms with E-state index in [0.29, 0.717) is 12.8 Å². The standard InChI is InChI=1S/C6H14O2.O2S/c1-3-5(7)6(8)4-2;1-3-2/h5-8H,3-4H2,1-2H3;/t5-,6-;/m1./s1. The van der Waals surface area contributed by atoms with Gasteiger partial charge in [0.05, 0.1) is 12.2 Å². The molecule has 0 aromatic rings. The lowest BCUT2D eigenvalue weighted by Crippen LogP contribution is -2.23. The van der Waals surface area contributed by atoms with Crippen molar-refractivity contribution >= 4 is 11.6 Å². The Morgan fingerprint density at radius 2 is 1.27 bits per heavy atom. The number of hydrogen-bond donors (Lipinski definition) is 2. The Morgan fingerprint density at radius 3 is 1.36 bits per heavy atom. The molecule has 0 amide bonds. The molecule has 2 N–H and O–H groups in total. The largest absolute Gasteiger partial charge is 0.390 e. The zero-order chi connectivity index (χ0) is 9.28. The van der Waals surface area contributed by atoms with Crippen molar-refractivity contribution in [3.8, 4) is 0 Å². The SMILES string of the molecule is CC[C@@H](O)[C@H](O)CC.O=S=O. The quantitative estimate of drug-likeness (QED) is 0.637. The van der Waals surface area contributed by atoms with Gasteiger partial charge in [0.25, 0.3) is 0 Å². The first-order chi connectivity index (χ1) is 5.13. The zero-order valence-electron chi connectivity index (χ0n) is 6.69. The Morgan fingerprint density at radius 1 is 1.09 bits per heavy atom. The molecule has 5 heteroatoms. The predicted molar refractivity (Wildman–Crippen MR) is 41.5 cm³/mol. The molecule has 11 heavy (non-hydrogen) atoms. The van der Waals surface area contributed by atoms with E-state index in [9.17, 15) is 0 Å². The molecule has 0 heterocycles. The van der Waals surface area contributed by atoms with E-state index in [1.807, 2.05) is 13.8 Å². The Hall–Kier alpha value is -0.260. The smallest absolute Gasteiger partial charge is 0.335 e. The van der Waals surface area contributed by atoms with Crippen molar-refractivity contribution in [2.45, 2.75) is 38.9 Å². The molecular weight excluding hydrogens is 168 g/mol. The Kier molecular flexibility index (Phi) is 11.8. The summed E-state index contributed by atoms with van der Waals surface area (Å²) in [5.41, 5.74) is 0. The minimum absolute atomic E-state index is 0.528. The van der Waals surface area contributed by atoms with Crippen LogP contribution in [-0.2, 0) is 11.6 Å². The van der Waals surface area contributed by atoms with Gasteiger partial charge in [0, 0.05) is 0 Å². The second kappa shape index (κ2) is 9.74. The van der Waals surface area contributed by atoms with Crippen LogP contribution >= 0.6 is 0 Å². The van der Waals surface area contributed by atoms with Crippen molar-refractivity contribution in [3.05, 3.63) is 0 Å². The van der Waals surface area contributed by atoms with E-state index in [1.54, 1.807) is 0 Å². The van der Waals surface area contributed by atoms with Gasteiger partial charge in [-0.25, -0.2) is 0 Å². The van der Waals surface area contributed by atoms with Crippen molar-refractivity contribution < 1.29 is 18.6 Å². The summed E-state index contributed by atoms with van der Waals surface area (Å²) in [6, 6.07) is 0. The molecule has 4 nitrogen and oxygen atoms in total. The number of aliphatic hydroxyl groups excluding tert-OH is 2. The number of hydrogen-bond acceptors (Lipinski definition) is 4. The topological polar surface area (TPSA) is 74.6 Å². The van der Waals surface area contributed by atoms with Gasteiger partial charge in [0.1, 0.15) is 0 Å². The lowest BCUT2D eigenvalue weighted by atomic mass is 10.1. The van der Waals surface area contributed by atoms with Gasteiger partial charge in [0.15, 0.2) is 0 Å². The maximum absolute atomic E-state index is 8.88. The van der Waals surface area contributed by atoms with E-state index < -0.39 is 23.8 Å². The summed E-state index contributed by atoms with van der Waals surface area (Å²) >= 11 is -0.750. The lowest BCUT2D eigenvalue weighted by molar-refractivity contribution is 0.0157. The summed E-state index contributed by atoms with van der Waals surface area (Å²) in [6.07, 6.45) is 0.212. The van der Waals surface area contributed by atoms with E-state index >= 15 is 0 Å². The van der Waals surface area contributed by atoms with E-state index in [4.69, 9.17) is 18.6 Å². The second-order valence-corrected chi connectivity index (χ2v) is 2.16. The summed E-state index contributed by atoms with van der Waals surface area (Å²) < 4.78 is 16.6. The highest BCUT2D eigenvalue weighted by atomic mass is 32.1. The van der Waals surface area contributed by atoms with Crippen LogP contribution in [-0.4, -0.2) is 30.8 Å². The van der Waals surface area contributed by atoms with Crippen molar-refractivity contribution in [1.82, 2.24) is 0 Å². The van der Waals surface area contributed by atoms with E-state index in [1.165, 1.54) is 0 Å². The third-order valence-electron chi connectivity index (χ3n) is 1.28. The molecule has 0 aliphatic rings. The van der Waals surface area contributed by atoms with Crippen LogP contribution in [0.2, 0.25) is 0 Å². The molecule has 0 aliphatic carbocycles. The highest BCUT2D eigenvalue weighted by Crippen LogP contribution is 2.00. The normalized spacial score (nSPS) is 14.2. The molecule has 0 bridgehead atoms. The van der Waals surface area contributed by atoms with Crippen molar-refractivity contribution in [3.63, 3.8) is 0 Å². The van der Waals surface area contributed by atoms with Crippen LogP contribution in [0.3, 0.4) is 0 Å². The number of rotatable bonds is 3. The van der Waals surface area contributed by atoms with Gasteiger partial charge in [0.2, 0.25) is 0 Å². The predicted octanol–water partition coefficient (Wildman–Crippen LogP) is -0.142. The Bertz CT molecular complexity index is 103. The van der Waals surface area contributed by atoms with E-state index in [2.05, 4.69) is 0 Å². The molecule has 0 unspecified atom stereocenters. The molecule has 0 aromatic carbocycles. The van der Waals surface area contributed by atoms with Crippen LogP contribution in [0.4, 0.5) is 0 Å². The molecule has 0 aliphatic heterocycles. The summed E-state index contributed by atoms with van der Waals surface area (Å²) in [6.45, 7) is 3.70. The monoisotopic (exact) mass is 182 g/mol. The highest BCUT2D eigenvalue weighted by molar-refractivity contribution is 7.51. The molecule has 0 aromatic heterocycles. The first-order valence-corrected chi connectivity index (χ1v) is 4.08. The van der Waals surface area contributed by atoms with Gasteiger partial charge in [-0.1, -0.05) is 13.8 Å². The average Bonchev–Trinajstić information content (AvgIpc) is 2.03. The maximum Gasteiger partial charge on any atom is 0.335 e.